The SMILES string of the molecule is N#Cc1cc(NC(=O)Oc2ccccc2)cnc1-n1nccn1. The lowest BCUT2D eigenvalue weighted by atomic mass is 10.2. The highest BCUT2D eigenvalue weighted by Crippen LogP contribution is 2.16. The molecule has 1 aromatic carbocycles. The highest BCUT2D eigenvalue weighted by atomic mass is 16.6. The fourth-order valence-electron chi connectivity index (χ4n) is 1.83. The Morgan fingerprint density at radius 3 is 2.65 bits per heavy atom. The number of nitriles is 1. The molecule has 23 heavy (non-hydrogen) atoms. The van der Waals surface area contributed by atoms with Gasteiger partial charge >= 0.3 is 6.09 Å². The van der Waals surface area contributed by atoms with Crippen LogP contribution in [0.5, 0.6) is 5.75 Å². The molecule has 0 aliphatic heterocycles. The van der Waals surface area contributed by atoms with E-state index in [1.54, 1.807) is 24.3 Å². The van der Waals surface area contributed by atoms with Crippen LogP contribution in [0.2, 0.25) is 0 Å². The van der Waals surface area contributed by atoms with Crippen molar-refractivity contribution in [1.29, 1.82) is 5.26 Å². The lowest BCUT2D eigenvalue weighted by Gasteiger charge is -2.08. The van der Waals surface area contributed by atoms with Gasteiger partial charge in [0, 0.05) is 0 Å². The second kappa shape index (κ2) is 6.36. The summed E-state index contributed by atoms with van der Waals surface area (Å²) >= 11 is 0. The van der Waals surface area contributed by atoms with Crippen LogP contribution in [0.15, 0.2) is 55.0 Å². The molecule has 2 aromatic heterocycles. The van der Waals surface area contributed by atoms with Crippen LogP contribution in [-0.2, 0) is 0 Å². The molecule has 0 unspecified atom stereocenters. The Morgan fingerprint density at radius 1 is 1.22 bits per heavy atom. The molecule has 2 heterocycles. The Morgan fingerprint density at radius 2 is 1.96 bits per heavy atom. The molecule has 0 saturated heterocycles. The Bertz CT molecular complexity index is 855. The van der Waals surface area contributed by atoms with Crippen molar-refractivity contribution in [2.75, 3.05) is 5.32 Å². The van der Waals surface area contributed by atoms with Gasteiger partial charge < -0.3 is 4.74 Å². The van der Waals surface area contributed by atoms with Crippen LogP contribution >= 0.6 is 0 Å². The zero-order valence-corrected chi connectivity index (χ0v) is 11.7. The molecule has 0 fully saturated rings. The number of para-hydroxylation sites is 1. The lowest BCUT2D eigenvalue weighted by molar-refractivity contribution is 0.215. The fourth-order valence-corrected chi connectivity index (χ4v) is 1.83. The van der Waals surface area contributed by atoms with Gasteiger partial charge in [-0.3, -0.25) is 5.32 Å². The summed E-state index contributed by atoms with van der Waals surface area (Å²) < 4.78 is 5.10. The molecule has 0 aliphatic rings. The second-order valence-electron chi connectivity index (χ2n) is 4.35. The van der Waals surface area contributed by atoms with E-state index in [9.17, 15) is 10.1 Å². The van der Waals surface area contributed by atoms with E-state index in [2.05, 4.69) is 20.5 Å². The number of amides is 1. The van der Waals surface area contributed by atoms with E-state index >= 15 is 0 Å². The average molecular weight is 306 g/mol. The van der Waals surface area contributed by atoms with Gasteiger partial charge in [0.05, 0.1) is 24.3 Å². The third kappa shape index (κ3) is 3.30. The number of hydrogen-bond acceptors (Lipinski definition) is 6. The molecule has 0 atom stereocenters. The molecule has 0 aliphatic carbocycles. The number of pyridine rings is 1. The van der Waals surface area contributed by atoms with Crippen molar-refractivity contribution >= 4 is 11.8 Å². The highest BCUT2D eigenvalue weighted by Gasteiger charge is 2.11. The molecule has 1 N–H and O–H groups in total. The Hall–Kier alpha value is -3.73. The molecule has 112 valence electrons. The third-order valence-electron chi connectivity index (χ3n) is 2.80. The van der Waals surface area contributed by atoms with Crippen molar-refractivity contribution < 1.29 is 9.53 Å². The van der Waals surface area contributed by atoms with E-state index in [1.807, 2.05) is 12.1 Å². The Kier molecular flexibility index (Phi) is 3.93. The molecular formula is C15H10N6O2. The summed E-state index contributed by atoms with van der Waals surface area (Å²) in [5.41, 5.74) is 0.553. The van der Waals surface area contributed by atoms with Gasteiger partial charge in [-0.05, 0) is 18.2 Å². The van der Waals surface area contributed by atoms with Crippen LogP contribution in [0.1, 0.15) is 5.56 Å². The standard InChI is InChI=1S/C15H10N6O2/c16-9-11-8-12(10-17-14(11)21-18-6-7-19-21)20-15(22)23-13-4-2-1-3-5-13/h1-8,10H,(H,20,22). The van der Waals surface area contributed by atoms with Crippen LogP contribution in [0.4, 0.5) is 10.5 Å². The number of aromatic nitrogens is 4. The summed E-state index contributed by atoms with van der Waals surface area (Å²) in [6.07, 6.45) is 3.68. The molecule has 0 spiro atoms. The monoisotopic (exact) mass is 306 g/mol. The minimum absolute atomic E-state index is 0.221. The third-order valence-corrected chi connectivity index (χ3v) is 2.80. The first kappa shape index (κ1) is 14.2. The first-order valence-corrected chi connectivity index (χ1v) is 6.57. The zero-order chi connectivity index (χ0) is 16.1. The van der Waals surface area contributed by atoms with Gasteiger partial charge in [-0.25, -0.2) is 9.78 Å². The number of carbonyl (C=O) groups excluding carboxylic acids is 1. The minimum atomic E-state index is -0.674. The van der Waals surface area contributed by atoms with Crippen molar-refractivity contribution in [3.63, 3.8) is 0 Å². The predicted octanol–water partition coefficient (Wildman–Crippen LogP) is 2.14. The number of nitrogens with one attached hydrogen (secondary N) is 1. The number of rotatable bonds is 3. The molecule has 3 rings (SSSR count). The van der Waals surface area contributed by atoms with Gasteiger partial charge in [0.1, 0.15) is 17.4 Å². The topological polar surface area (TPSA) is 106 Å². The smallest absolute Gasteiger partial charge is 0.410 e. The summed E-state index contributed by atoms with van der Waals surface area (Å²) in [6.45, 7) is 0. The summed E-state index contributed by atoms with van der Waals surface area (Å²) in [5.74, 6) is 0.690. The number of nitrogens with zero attached hydrogens (tertiary/aromatic N) is 5. The number of carbonyl (C=O) groups is 1. The average Bonchev–Trinajstić information content (AvgIpc) is 3.10. The Labute approximate surface area is 131 Å². The maximum atomic E-state index is 11.8. The van der Waals surface area contributed by atoms with E-state index in [1.165, 1.54) is 29.5 Å². The summed E-state index contributed by atoms with van der Waals surface area (Å²) in [6, 6.07) is 12.1. The summed E-state index contributed by atoms with van der Waals surface area (Å²) in [5, 5.41) is 19.6. The van der Waals surface area contributed by atoms with E-state index in [0.717, 1.165) is 0 Å². The lowest BCUT2D eigenvalue weighted by Crippen LogP contribution is -2.17. The number of hydrogen-bond donors (Lipinski definition) is 1. The minimum Gasteiger partial charge on any atom is -0.410 e. The van der Waals surface area contributed by atoms with Crippen LogP contribution in [0.3, 0.4) is 0 Å². The zero-order valence-electron chi connectivity index (χ0n) is 11.7. The van der Waals surface area contributed by atoms with Gasteiger partial charge in [-0.1, -0.05) is 18.2 Å². The van der Waals surface area contributed by atoms with Crippen molar-refractivity contribution in [3.8, 4) is 17.6 Å². The number of anilines is 1. The Balaban J connectivity index is 1.76. The van der Waals surface area contributed by atoms with Crippen molar-refractivity contribution in [2.24, 2.45) is 0 Å². The maximum Gasteiger partial charge on any atom is 0.417 e. The van der Waals surface area contributed by atoms with Gasteiger partial charge in [0.15, 0.2) is 5.82 Å². The molecule has 0 saturated carbocycles. The van der Waals surface area contributed by atoms with E-state index in [0.29, 0.717) is 11.4 Å². The second-order valence-corrected chi connectivity index (χ2v) is 4.35. The molecule has 1 amide bonds. The van der Waals surface area contributed by atoms with Crippen molar-refractivity contribution in [3.05, 3.63) is 60.6 Å². The largest absolute Gasteiger partial charge is 0.417 e. The predicted molar refractivity (Wildman–Crippen MR) is 80.0 cm³/mol. The molecular weight excluding hydrogens is 296 g/mol. The van der Waals surface area contributed by atoms with E-state index in [4.69, 9.17) is 4.74 Å². The van der Waals surface area contributed by atoms with E-state index in [-0.39, 0.29) is 11.4 Å². The first-order chi connectivity index (χ1) is 11.3. The fraction of sp³-hybridized carbons (Fsp3) is 0. The van der Waals surface area contributed by atoms with Crippen LogP contribution in [-0.4, -0.2) is 26.1 Å². The van der Waals surface area contributed by atoms with Crippen LogP contribution in [0, 0.1) is 11.3 Å². The van der Waals surface area contributed by atoms with Gasteiger partial charge in [0.2, 0.25) is 0 Å². The van der Waals surface area contributed by atoms with Gasteiger partial charge in [-0.15, -0.1) is 4.80 Å². The molecule has 0 radical (unpaired) electrons. The molecule has 8 nitrogen and oxygen atoms in total. The normalized spacial score (nSPS) is 9.87. The first-order valence-electron chi connectivity index (χ1n) is 6.57. The van der Waals surface area contributed by atoms with Gasteiger partial charge in [0.25, 0.3) is 0 Å². The quantitative estimate of drug-likeness (QED) is 0.794. The number of benzene rings is 1. The van der Waals surface area contributed by atoms with E-state index < -0.39 is 6.09 Å². The molecule has 3 aromatic rings. The van der Waals surface area contributed by atoms with Crippen molar-refractivity contribution in [2.45, 2.75) is 0 Å². The number of ether oxygens (including phenoxy) is 1. The van der Waals surface area contributed by atoms with Crippen LogP contribution in [0.25, 0.3) is 5.82 Å². The highest BCUT2D eigenvalue weighted by molar-refractivity contribution is 5.86. The summed E-state index contributed by atoms with van der Waals surface area (Å²) in [4.78, 5) is 17.1. The molecule has 8 heteroatoms. The van der Waals surface area contributed by atoms with Crippen molar-refractivity contribution in [1.82, 2.24) is 20.0 Å². The van der Waals surface area contributed by atoms with Gasteiger partial charge in [-0.2, -0.15) is 15.5 Å². The molecule has 0 bridgehead atoms. The van der Waals surface area contributed by atoms with Crippen LogP contribution < -0.4 is 10.1 Å². The summed E-state index contributed by atoms with van der Waals surface area (Å²) in [7, 11) is 0. The maximum absolute atomic E-state index is 11.8.